The number of carbonyl (C=O) groups excluding carboxylic acids is 2. The van der Waals surface area contributed by atoms with Crippen molar-refractivity contribution in [3.05, 3.63) is 71.4 Å². The number of hydrogen-bond acceptors (Lipinski definition) is 4. The van der Waals surface area contributed by atoms with Crippen molar-refractivity contribution in [1.29, 1.82) is 0 Å². The van der Waals surface area contributed by atoms with Crippen molar-refractivity contribution in [2.75, 3.05) is 0 Å². The highest BCUT2D eigenvalue weighted by atomic mass is 16.4. The van der Waals surface area contributed by atoms with Gasteiger partial charge in [0.1, 0.15) is 12.1 Å². The molecule has 1 aromatic heterocycles. The summed E-state index contributed by atoms with van der Waals surface area (Å²) in [6.07, 6.45) is 2.79. The summed E-state index contributed by atoms with van der Waals surface area (Å²) in [6.45, 7) is 4.05. The summed E-state index contributed by atoms with van der Waals surface area (Å²) >= 11 is 0. The second kappa shape index (κ2) is 10.3. The van der Waals surface area contributed by atoms with Gasteiger partial charge in [0.15, 0.2) is 0 Å². The van der Waals surface area contributed by atoms with Crippen LogP contribution in [0.5, 0.6) is 0 Å². The molecule has 0 aliphatic carbocycles. The maximum absolute atomic E-state index is 13.6. The Kier molecular flexibility index (Phi) is 7.21. The predicted molar refractivity (Wildman–Crippen MR) is 133 cm³/mol. The second-order valence-corrected chi connectivity index (χ2v) is 9.65. The topological polar surface area (TPSA) is 129 Å². The van der Waals surface area contributed by atoms with Gasteiger partial charge in [-0.1, -0.05) is 56.3 Å². The lowest BCUT2D eigenvalue weighted by atomic mass is 9.92. The summed E-state index contributed by atoms with van der Waals surface area (Å²) in [5.41, 5.74) is 10.2. The normalized spacial score (nSPS) is 17.1. The van der Waals surface area contributed by atoms with E-state index in [4.69, 9.17) is 5.73 Å². The van der Waals surface area contributed by atoms with E-state index in [0.29, 0.717) is 19.3 Å². The number of carboxylic acids is 1. The highest BCUT2D eigenvalue weighted by Crippen LogP contribution is 2.26. The summed E-state index contributed by atoms with van der Waals surface area (Å²) < 4.78 is 0. The molecule has 2 heterocycles. The third kappa shape index (κ3) is 5.38. The second-order valence-electron chi connectivity index (χ2n) is 9.65. The molecule has 0 saturated heterocycles. The van der Waals surface area contributed by atoms with E-state index in [1.165, 1.54) is 4.90 Å². The summed E-state index contributed by atoms with van der Waals surface area (Å²) in [7, 11) is 0. The van der Waals surface area contributed by atoms with Crippen molar-refractivity contribution in [2.45, 2.75) is 57.8 Å². The lowest BCUT2D eigenvalue weighted by Crippen LogP contribution is -2.58. The minimum atomic E-state index is -1.09. The standard InChI is InChI=1S/C27H32N4O4/c1-16(2)11-23(27(34)35)30-25(32)24-13-17-7-3-4-8-18(17)15-31(24)26(33)21(28)12-19-14-29-22-10-6-5-9-20(19)22/h3-10,14,16,21,23-24,29H,11-13,15,28H2,1-2H3,(H,30,32)(H,34,35)/t21-,23-,24-/m0/s1. The average molecular weight is 477 g/mol. The van der Waals surface area contributed by atoms with E-state index in [-0.39, 0.29) is 18.4 Å². The zero-order valence-electron chi connectivity index (χ0n) is 20.0. The molecule has 2 aromatic carbocycles. The van der Waals surface area contributed by atoms with Gasteiger partial charge in [-0.25, -0.2) is 4.79 Å². The number of amides is 2. The Morgan fingerprint density at radius 1 is 1.11 bits per heavy atom. The van der Waals surface area contributed by atoms with Crippen molar-refractivity contribution < 1.29 is 19.5 Å². The minimum absolute atomic E-state index is 0.0887. The number of carboxylic acid groups (broad SMARTS) is 1. The van der Waals surface area contributed by atoms with Gasteiger partial charge in [0.05, 0.1) is 6.04 Å². The molecule has 0 spiro atoms. The molecule has 1 aliphatic rings. The number of nitrogens with zero attached hydrogens (tertiary/aromatic N) is 1. The van der Waals surface area contributed by atoms with E-state index < -0.39 is 30.0 Å². The maximum Gasteiger partial charge on any atom is 0.326 e. The zero-order valence-corrected chi connectivity index (χ0v) is 20.0. The molecule has 0 unspecified atom stereocenters. The SMILES string of the molecule is CC(C)C[C@H](NC(=O)[C@@H]1Cc2ccccc2CN1C(=O)[C@@H](N)Cc1c[nH]c2ccccc12)C(=O)O. The van der Waals surface area contributed by atoms with E-state index in [2.05, 4.69) is 10.3 Å². The number of aromatic amines is 1. The minimum Gasteiger partial charge on any atom is -0.480 e. The first-order valence-corrected chi connectivity index (χ1v) is 12.0. The Labute approximate surface area is 204 Å². The molecule has 0 radical (unpaired) electrons. The average Bonchev–Trinajstić information content (AvgIpc) is 3.24. The summed E-state index contributed by atoms with van der Waals surface area (Å²) in [5, 5.41) is 13.3. The van der Waals surface area contributed by atoms with Gasteiger partial charge in [0.25, 0.3) is 0 Å². The molecular weight excluding hydrogens is 444 g/mol. The third-order valence-electron chi connectivity index (χ3n) is 6.59. The van der Waals surface area contributed by atoms with E-state index in [0.717, 1.165) is 27.6 Å². The van der Waals surface area contributed by atoms with Gasteiger partial charge < -0.3 is 26.0 Å². The Hall–Kier alpha value is -3.65. The maximum atomic E-state index is 13.6. The summed E-state index contributed by atoms with van der Waals surface area (Å²) in [4.78, 5) is 43.3. The monoisotopic (exact) mass is 476 g/mol. The molecule has 5 N–H and O–H groups in total. The Morgan fingerprint density at radius 3 is 2.51 bits per heavy atom. The molecular formula is C27H32N4O4. The number of hydrogen-bond donors (Lipinski definition) is 4. The molecule has 3 aromatic rings. The Morgan fingerprint density at radius 2 is 1.80 bits per heavy atom. The third-order valence-corrected chi connectivity index (χ3v) is 6.59. The van der Waals surface area contributed by atoms with Crippen LogP contribution in [0.2, 0.25) is 0 Å². The van der Waals surface area contributed by atoms with Crippen molar-refractivity contribution in [3.63, 3.8) is 0 Å². The van der Waals surface area contributed by atoms with Crippen molar-refractivity contribution in [3.8, 4) is 0 Å². The number of carbonyl (C=O) groups is 3. The van der Waals surface area contributed by atoms with Gasteiger partial charge in [0.2, 0.25) is 11.8 Å². The van der Waals surface area contributed by atoms with Gasteiger partial charge >= 0.3 is 5.97 Å². The number of nitrogens with one attached hydrogen (secondary N) is 2. The van der Waals surface area contributed by atoms with Crippen LogP contribution in [-0.2, 0) is 33.8 Å². The molecule has 0 fully saturated rings. The largest absolute Gasteiger partial charge is 0.480 e. The molecule has 8 nitrogen and oxygen atoms in total. The highest BCUT2D eigenvalue weighted by Gasteiger charge is 2.38. The molecule has 4 rings (SSSR count). The smallest absolute Gasteiger partial charge is 0.326 e. The number of H-pyrrole nitrogens is 1. The van der Waals surface area contributed by atoms with Crippen LogP contribution in [0.4, 0.5) is 0 Å². The van der Waals surface area contributed by atoms with Crippen molar-refractivity contribution in [1.82, 2.24) is 15.2 Å². The quantitative estimate of drug-likeness (QED) is 0.397. The first-order valence-electron chi connectivity index (χ1n) is 12.0. The Bertz CT molecular complexity index is 1230. The number of fused-ring (bicyclic) bond motifs is 2. The van der Waals surface area contributed by atoms with Crippen LogP contribution in [0, 0.1) is 5.92 Å². The van der Waals surface area contributed by atoms with Gasteiger partial charge in [-0.05, 0) is 41.5 Å². The molecule has 184 valence electrons. The van der Waals surface area contributed by atoms with Crippen LogP contribution < -0.4 is 11.1 Å². The fourth-order valence-corrected chi connectivity index (χ4v) is 4.79. The first-order chi connectivity index (χ1) is 16.7. The fraction of sp³-hybridized carbons (Fsp3) is 0.370. The van der Waals surface area contributed by atoms with E-state index >= 15 is 0 Å². The lowest BCUT2D eigenvalue weighted by Gasteiger charge is -2.38. The van der Waals surface area contributed by atoms with E-state index in [1.807, 2.05) is 68.6 Å². The van der Waals surface area contributed by atoms with Crippen LogP contribution in [0.25, 0.3) is 10.9 Å². The molecule has 2 amide bonds. The predicted octanol–water partition coefficient (Wildman–Crippen LogP) is 2.61. The van der Waals surface area contributed by atoms with Crippen LogP contribution >= 0.6 is 0 Å². The van der Waals surface area contributed by atoms with Gasteiger partial charge in [-0.15, -0.1) is 0 Å². The highest BCUT2D eigenvalue weighted by molar-refractivity contribution is 5.93. The number of rotatable bonds is 8. The Balaban J connectivity index is 1.57. The molecule has 0 saturated carbocycles. The van der Waals surface area contributed by atoms with Crippen LogP contribution in [0.3, 0.4) is 0 Å². The van der Waals surface area contributed by atoms with Crippen molar-refractivity contribution in [2.24, 2.45) is 11.7 Å². The van der Waals surface area contributed by atoms with Crippen molar-refractivity contribution >= 4 is 28.7 Å². The lowest BCUT2D eigenvalue weighted by molar-refractivity contribution is -0.146. The van der Waals surface area contributed by atoms with Crippen LogP contribution in [0.1, 0.15) is 37.0 Å². The molecule has 3 atom stereocenters. The summed E-state index contributed by atoms with van der Waals surface area (Å²) in [6, 6.07) is 12.8. The number of para-hydroxylation sites is 1. The molecule has 8 heteroatoms. The number of nitrogens with two attached hydrogens (primary N) is 1. The summed E-state index contributed by atoms with van der Waals surface area (Å²) in [5.74, 6) is -1.80. The van der Waals surface area contributed by atoms with Gasteiger partial charge in [-0.2, -0.15) is 0 Å². The number of aliphatic carboxylic acids is 1. The van der Waals surface area contributed by atoms with E-state index in [9.17, 15) is 19.5 Å². The molecule has 0 bridgehead atoms. The zero-order chi connectivity index (χ0) is 25.1. The fourth-order valence-electron chi connectivity index (χ4n) is 4.79. The van der Waals surface area contributed by atoms with Crippen LogP contribution in [0.15, 0.2) is 54.7 Å². The van der Waals surface area contributed by atoms with Gasteiger partial charge in [0, 0.05) is 30.1 Å². The first kappa shape index (κ1) is 24.5. The number of aromatic nitrogens is 1. The van der Waals surface area contributed by atoms with E-state index in [1.54, 1.807) is 0 Å². The number of benzene rings is 2. The molecule has 1 aliphatic heterocycles. The van der Waals surface area contributed by atoms with Gasteiger partial charge in [-0.3, -0.25) is 9.59 Å². The van der Waals surface area contributed by atoms with Crippen LogP contribution in [-0.4, -0.2) is 50.9 Å². The molecule has 35 heavy (non-hydrogen) atoms.